The summed E-state index contributed by atoms with van der Waals surface area (Å²) in [5.41, 5.74) is 0.698. The highest BCUT2D eigenvalue weighted by Gasteiger charge is 2.34. The Kier molecular flexibility index (Phi) is 5.48. The van der Waals surface area contributed by atoms with E-state index in [1.807, 2.05) is 0 Å². The highest BCUT2D eigenvalue weighted by atomic mass is 79.9. The Morgan fingerprint density at radius 3 is 2.52 bits per heavy atom. The number of halogens is 2. The molecule has 112 valence electrons. The van der Waals surface area contributed by atoms with E-state index in [9.17, 15) is 14.7 Å². The minimum Gasteiger partial charge on any atom is -0.506 e. The summed E-state index contributed by atoms with van der Waals surface area (Å²) in [6.45, 7) is 0.545. The minimum atomic E-state index is -0.331. The Balaban J connectivity index is 2.26. The van der Waals surface area contributed by atoms with Crippen molar-refractivity contribution in [2.75, 3.05) is 20.3 Å². The maximum absolute atomic E-state index is 12.2. The summed E-state index contributed by atoms with van der Waals surface area (Å²) in [4.78, 5) is 25.4. The first-order valence-corrected chi connectivity index (χ1v) is 8.26. The van der Waals surface area contributed by atoms with Crippen molar-refractivity contribution in [3.8, 4) is 5.75 Å². The number of hydrogen-bond acceptors (Lipinski definition) is 5. The quantitative estimate of drug-likeness (QED) is 0.730. The summed E-state index contributed by atoms with van der Waals surface area (Å²) in [7, 11) is 1.51. The van der Waals surface area contributed by atoms with Crippen LogP contribution in [-0.4, -0.2) is 41.4 Å². The van der Waals surface area contributed by atoms with E-state index >= 15 is 0 Å². The van der Waals surface area contributed by atoms with Gasteiger partial charge in [0, 0.05) is 7.11 Å². The summed E-state index contributed by atoms with van der Waals surface area (Å²) in [5, 5.41) is 9.36. The SMILES string of the molecule is COCCN1C(=O)S/C(=C/c2cc(Br)c(O)c(Br)c2)C1=O. The third-order valence-corrected chi connectivity index (χ3v) is 4.85. The molecule has 8 heteroatoms. The van der Waals surface area contributed by atoms with Gasteiger partial charge in [-0.1, -0.05) is 0 Å². The second kappa shape index (κ2) is 6.95. The van der Waals surface area contributed by atoms with Crippen LogP contribution >= 0.6 is 43.6 Å². The van der Waals surface area contributed by atoms with Crippen molar-refractivity contribution >= 4 is 60.8 Å². The zero-order valence-corrected chi connectivity index (χ0v) is 14.9. The third-order valence-electron chi connectivity index (χ3n) is 2.73. The number of benzene rings is 1. The van der Waals surface area contributed by atoms with Crippen molar-refractivity contribution in [1.29, 1.82) is 0 Å². The van der Waals surface area contributed by atoms with Gasteiger partial charge in [0.1, 0.15) is 5.75 Å². The molecule has 0 spiro atoms. The minimum absolute atomic E-state index is 0.0837. The smallest absolute Gasteiger partial charge is 0.293 e. The van der Waals surface area contributed by atoms with Gasteiger partial charge in [0.2, 0.25) is 0 Å². The molecule has 1 aromatic rings. The maximum Gasteiger partial charge on any atom is 0.293 e. The Morgan fingerprint density at radius 1 is 1.33 bits per heavy atom. The number of aromatic hydroxyl groups is 1. The lowest BCUT2D eigenvalue weighted by atomic mass is 10.2. The van der Waals surface area contributed by atoms with Crippen molar-refractivity contribution < 1.29 is 19.4 Å². The first-order chi connectivity index (χ1) is 9.93. The highest BCUT2D eigenvalue weighted by Crippen LogP contribution is 2.36. The fraction of sp³-hybridized carbons (Fsp3) is 0.231. The van der Waals surface area contributed by atoms with E-state index in [0.29, 0.717) is 26.0 Å². The van der Waals surface area contributed by atoms with Crippen LogP contribution in [0.25, 0.3) is 6.08 Å². The predicted octanol–water partition coefficient (Wildman–Crippen LogP) is 3.60. The van der Waals surface area contributed by atoms with Gasteiger partial charge in [0.05, 0.1) is 27.0 Å². The molecule has 0 bridgehead atoms. The van der Waals surface area contributed by atoms with Crippen LogP contribution < -0.4 is 0 Å². The highest BCUT2D eigenvalue weighted by molar-refractivity contribution is 9.11. The van der Waals surface area contributed by atoms with Gasteiger partial charge in [-0.25, -0.2) is 0 Å². The number of phenols is 1. The first-order valence-electron chi connectivity index (χ1n) is 5.86. The van der Waals surface area contributed by atoms with Crippen LogP contribution in [0.2, 0.25) is 0 Å². The zero-order chi connectivity index (χ0) is 15.6. The number of thioether (sulfide) groups is 1. The van der Waals surface area contributed by atoms with Crippen LogP contribution in [0, 0.1) is 0 Å². The number of phenolic OH excluding ortho intramolecular Hbond substituents is 1. The summed E-state index contributed by atoms with van der Waals surface area (Å²) in [6, 6.07) is 3.34. The normalized spacial score (nSPS) is 17.1. The van der Waals surface area contributed by atoms with E-state index in [2.05, 4.69) is 31.9 Å². The molecule has 1 fully saturated rings. The van der Waals surface area contributed by atoms with Crippen molar-refractivity contribution in [3.63, 3.8) is 0 Å². The number of imide groups is 1. The van der Waals surface area contributed by atoms with Gasteiger partial charge in [0.25, 0.3) is 11.1 Å². The van der Waals surface area contributed by atoms with Crippen LogP contribution in [0.3, 0.4) is 0 Å². The summed E-state index contributed by atoms with van der Waals surface area (Å²) >= 11 is 7.34. The number of carbonyl (C=O) groups is 2. The summed E-state index contributed by atoms with van der Waals surface area (Å²) in [5.74, 6) is -0.247. The van der Waals surface area contributed by atoms with E-state index in [1.165, 1.54) is 7.11 Å². The molecule has 0 atom stereocenters. The molecule has 21 heavy (non-hydrogen) atoms. The standard InChI is InChI=1S/C13H11Br2NO4S/c1-20-3-2-16-12(18)10(21-13(16)19)6-7-4-8(14)11(17)9(15)5-7/h4-6,17H,2-3H2,1H3/b10-6+. The molecule has 0 aromatic heterocycles. The molecule has 1 aromatic carbocycles. The van der Waals surface area contributed by atoms with Crippen molar-refractivity contribution in [3.05, 3.63) is 31.5 Å². The maximum atomic E-state index is 12.2. The predicted molar refractivity (Wildman–Crippen MR) is 88.1 cm³/mol. The molecule has 1 heterocycles. The monoisotopic (exact) mass is 435 g/mol. The number of methoxy groups -OCH3 is 1. The number of nitrogens with zero attached hydrogens (tertiary/aromatic N) is 1. The Hall–Kier alpha value is -0.830. The van der Waals surface area contributed by atoms with Gasteiger partial charge in [-0.2, -0.15) is 0 Å². The van der Waals surface area contributed by atoms with E-state index in [4.69, 9.17) is 4.74 Å². The van der Waals surface area contributed by atoms with Gasteiger partial charge < -0.3 is 9.84 Å². The van der Waals surface area contributed by atoms with Crippen LogP contribution in [-0.2, 0) is 9.53 Å². The average molecular weight is 437 g/mol. The lowest BCUT2D eigenvalue weighted by molar-refractivity contribution is -0.123. The number of amides is 2. The van der Waals surface area contributed by atoms with Crippen molar-refractivity contribution in [2.24, 2.45) is 0 Å². The molecule has 0 unspecified atom stereocenters. The number of ether oxygens (including phenoxy) is 1. The largest absolute Gasteiger partial charge is 0.506 e. The molecule has 0 aliphatic carbocycles. The first kappa shape index (κ1) is 16.5. The van der Waals surface area contributed by atoms with Crippen LogP contribution in [0.4, 0.5) is 4.79 Å². The zero-order valence-electron chi connectivity index (χ0n) is 10.9. The molecular weight excluding hydrogens is 426 g/mol. The van der Waals surface area contributed by atoms with E-state index in [1.54, 1.807) is 18.2 Å². The lowest BCUT2D eigenvalue weighted by Gasteiger charge is -2.10. The fourth-order valence-electron chi connectivity index (χ4n) is 1.70. The van der Waals surface area contributed by atoms with Crippen LogP contribution in [0.1, 0.15) is 5.56 Å². The molecule has 1 aliphatic heterocycles. The molecule has 0 saturated carbocycles. The Bertz CT molecular complexity index is 610. The Labute approximate surface area is 142 Å². The van der Waals surface area contributed by atoms with E-state index in [0.717, 1.165) is 16.7 Å². The van der Waals surface area contributed by atoms with Gasteiger partial charge in [-0.05, 0) is 67.4 Å². The van der Waals surface area contributed by atoms with Gasteiger partial charge in [-0.3, -0.25) is 14.5 Å². The van der Waals surface area contributed by atoms with Gasteiger partial charge in [-0.15, -0.1) is 0 Å². The molecule has 1 saturated heterocycles. The van der Waals surface area contributed by atoms with Crippen molar-refractivity contribution in [1.82, 2.24) is 4.90 Å². The molecule has 2 rings (SSSR count). The van der Waals surface area contributed by atoms with Crippen LogP contribution in [0.5, 0.6) is 5.75 Å². The summed E-state index contributed by atoms with van der Waals surface area (Å²) < 4.78 is 5.89. The molecular formula is C13H11Br2NO4S. The van der Waals surface area contributed by atoms with Crippen molar-refractivity contribution in [2.45, 2.75) is 0 Å². The molecule has 5 nitrogen and oxygen atoms in total. The molecule has 1 N–H and O–H groups in total. The van der Waals surface area contributed by atoms with Crippen LogP contribution in [0.15, 0.2) is 26.0 Å². The van der Waals surface area contributed by atoms with E-state index in [-0.39, 0.29) is 23.4 Å². The molecule has 0 radical (unpaired) electrons. The second-order valence-electron chi connectivity index (χ2n) is 4.16. The van der Waals surface area contributed by atoms with Gasteiger partial charge in [0.15, 0.2) is 0 Å². The number of rotatable bonds is 4. The lowest BCUT2D eigenvalue weighted by Crippen LogP contribution is -2.31. The number of hydrogen-bond donors (Lipinski definition) is 1. The van der Waals surface area contributed by atoms with E-state index < -0.39 is 0 Å². The fourth-order valence-corrected chi connectivity index (χ4v) is 3.78. The number of carbonyl (C=O) groups excluding carboxylic acids is 2. The molecule has 2 amide bonds. The molecule has 1 aliphatic rings. The topological polar surface area (TPSA) is 66.8 Å². The summed E-state index contributed by atoms with van der Waals surface area (Å²) in [6.07, 6.45) is 1.62. The second-order valence-corrected chi connectivity index (χ2v) is 6.86. The Morgan fingerprint density at radius 2 is 1.95 bits per heavy atom. The third kappa shape index (κ3) is 3.68. The van der Waals surface area contributed by atoms with Gasteiger partial charge >= 0.3 is 0 Å². The average Bonchev–Trinajstić information content (AvgIpc) is 2.69.